The average Bonchev–Trinajstić information content (AvgIpc) is 3.09. The lowest BCUT2D eigenvalue weighted by Gasteiger charge is -2.23. The number of nitrogens with zero attached hydrogens (tertiary/aromatic N) is 3. The Labute approximate surface area is 114 Å². The van der Waals surface area contributed by atoms with E-state index in [1.807, 2.05) is 5.38 Å². The Bertz CT molecular complexity index is 585. The third kappa shape index (κ3) is 2.19. The first-order valence-corrected chi connectivity index (χ1v) is 6.98. The van der Waals surface area contributed by atoms with Crippen LogP contribution in [0.2, 0.25) is 0 Å². The third-order valence-electron chi connectivity index (χ3n) is 3.28. The van der Waals surface area contributed by atoms with Gasteiger partial charge in [-0.05, 0) is 18.9 Å². The Morgan fingerprint density at radius 2 is 2.37 bits per heavy atom. The van der Waals surface area contributed by atoms with E-state index in [9.17, 15) is 9.90 Å². The number of carbonyl (C=O) groups excluding carboxylic acids is 1. The van der Waals surface area contributed by atoms with Crippen molar-refractivity contribution in [2.45, 2.75) is 18.9 Å². The van der Waals surface area contributed by atoms with Gasteiger partial charge in [0.1, 0.15) is 10.8 Å². The molecule has 0 radical (unpaired) electrons. The van der Waals surface area contributed by atoms with E-state index in [4.69, 9.17) is 0 Å². The van der Waals surface area contributed by atoms with E-state index < -0.39 is 0 Å². The number of rotatable bonds is 2. The molecule has 1 saturated heterocycles. The van der Waals surface area contributed by atoms with Crippen molar-refractivity contribution in [3.05, 3.63) is 40.6 Å². The highest BCUT2D eigenvalue weighted by molar-refractivity contribution is 7.09. The maximum Gasteiger partial charge on any atom is 0.258 e. The minimum absolute atomic E-state index is 0.0278. The van der Waals surface area contributed by atoms with Gasteiger partial charge in [-0.1, -0.05) is 0 Å². The predicted octanol–water partition coefficient (Wildman–Crippen LogP) is 2.22. The first kappa shape index (κ1) is 12.1. The Balaban J connectivity index is 1.89. The van der Waals surface area contributed by atoms with Gasteiger partial charge >= 0.3 is 0 Å². The molecule has 1 N–H and O–H groups in total. The van der Waals surface area contributed by atoms with Crippen LogP contribution in [0.1, 0.15) is 34.2 Å². The maximum atomic E-state index is 12.5. The molecule has 1 atom stereocenters. The van der Waals surface area contributed by atoms with Gasteiger partial charge in [-0.2, -0.15) is 0 Å². The zero-order chi connectivity index (χ0) is 13.2. The summed E-state index contributed by atoms with van der Waals surface area (Å²) in [5.41, 5.74) is 0.304. The maximum absolute atomic E-state index is 12.5. The highest BCUT2D eigenvalue weighted by Gasteiger charge is 2.33. The van der Waals surface area contributed by atoms with E-state index >= 15 is 0 Å². The summed E-state index contributed by atoms with van der Waals surface area (Å²) in [6.07, 6.45) is 6.45. The number of hydrogen-bond donors (Lipinski definition) is 1. The van der Waals surface area contributed by atoms with Gasteiger partial charge in [0.25, 0.3) is 5.91 Å². The Hall–Kier alpha value is -1.95. The van der Waals surface area contributed by atoms with Crippen LogP contribution in [0.3, 0.4) is 0 Å². The third-order valence-corrected chi connectivity index (χ3v) is 4.16. The molecule has 2 aromatic heterocycles. The molecule has 0 bridgehead atoms. The Morgan fingerprint density at radius 3 is 3.11 bits per heavy atom. The normalized spacial score (nSPS) is 18.7. The van der Waals surface area contributed by atoms with E-state index in [2.05, 4.69) is 9.97 Å². The summed E-state index contributed by atoms with van der Waals surface area (Å²) in [4.78, 5) is 22.4. The SMILES string of the molecule is O=C(c1ccncc1O)N1CCC[C@@H]1c1nccs1. The minimum Gasteiger partial charge on any atom is -0.505 e. The number of thiazole rings is 1. The number of carbonyl (C=O) groups is 1. The van der Waals surface area contributed by atoms with Crippen LogP contribution < -0.4 is 0 Å². The van der Waals surface area contributed by atoms with Crippen LogP contribution in [0.25, 0.3) is 0 Å². The number of aromatic hydroxyl groups is 1. The molecular formula is C13H13N3O2S. The molecular weight excluding hydrogens is 262 g/mol. The molecule has 5 nitrogen and oxygen atoms in total. The molecule has 3 rings (SSSR count). The smallest absolute Gasteiger partial charge is 0.258 e. The molecule has 0 aromatic carbocycles. The van der Waals surface area contributed by atoms with E-state index in [0.717, 1.165) is 17.8 Å². The summed E-state index contributed by atoms with van der Waals surface area (Å²) in [7, 11) is 0. The fraction of sp³-hybridized carbons (Fsp3) is 0.308. The van der Waals surface area contributed by atoms with Crippen LogP contribution in [0.4, 0.5) is 0 Å². The van der Waals surface area contributed by atoms with Crippen LogP contribution in [0, 0.1) is 0 Å². The van der Waals surface area contributed by atoms with Crippen molar-refractivity contribution < 1.29 is 9.90 Å². The number of likely N-dealkylation sites (tertiary alicyclic amines) is 1. The van der Waals surface area contributed by atoms with Gasteiger partial charge in [0.2, 0.25) is 0 Å². The van der Waals surface area contributed by atoms with Gasteiger partial charge in [0.05, 0.1) is 17.8 Å². The van der Waals surface area contributed by atoms with Crippen molar-refractivity contribution in [1.82, 2.24) is 14.9 Å². The number of pyridine rings is 1. The van der Waals surface area contributed by atoms with Crippen LogP contribution in [-0.4, -0.2) is 32.4 Å². The standard InChI is InChI=1S/C13H13N3O2S/c17-11-8-14-4-3-9(11)13(18)16-6-1-2-10(16)12-15-5-7-19-12/h3-5,7-8,10,17H,1-2,6H2/t10-/m1/s1. The molecule has 3 heterocycles. The molecule has 98 valence electrons. The summed E-state index contributed by atoms with van der Waals surface area (Å²) in [6, 6.07) is 1.58. The molecule has 1 amide bonds. The lowest BCUT2D eigenvalue weighted by atomic mass is 10.2. The fourth-order valence-corrected chi connectivity index (χ4v) is 3.17. The molecule has 19 heavy (non-hydrogen) atoms. The first-order chi connectivity index (χ1) is 9.27. The summed E-state index contributed by atoms with van der Waals surface area (Å²) in [5, 5.41) is 12.6. The van der Waals surface area contributed by atoms with Gasteiger partial charge in [-0.25, -0.2) is 4.98 Å². The van der Waals surface area contributed by atoms with E-state index in [1.54, 1.807) is 28.5 Å². The Morgan fingerprint density at radius 1 is 1.47 bits per heavy atom. The van der Waals surface area contributed by atoms with Crippen molar-refractivity contribution in [1.29, 1.82) is 0 Å². The van der Waals surface area contributed by atoms with Gasteiger partial charge in [0, 0.05) is 24.3 Å². The zero-order valence-electron chi connectivity index (χ0n) is 10.2. The van der Waals surface area contributed by atoms with Crippen molar-refractivity contribution in [3.8, 4) is 5.75 Å². The largest absolute Gasteiger partial charge is 0.505 e. The minimum atomic E-state index is -0.155. The fourth-order valence-electron chi connectivity index (χ4n) is 2.39. The zero-order valence-corrected chi connectivity index (χ0v) is 11.0. The van der Waals surface area contributed by atoms with E-state index in [-0.39, 0.29) is 17.7 Å². The second-order valence-corrected chi connectivity index (χ2v) is 5.35. The summed E-state index contributed by atoms with van der Waals surface area (Å²) in [6.45, 7) is 0.699. The first-order valence-electron chi connectivity index (χ1n) is 6.10. The molecule has 0 saturated carbocycles. The van der Waals surface area contributed by atoms with Gasteiger partial charge < -0.3 is 10.0 Å². The van der Waals surface area contributed by atoms with Crippen LogP contribution >= 0.6 is 11.3 Å². The van der Waals surface area contributed by atoms with E-state index in [0.29, 0.717) is 12.1 Å². The molecule has 1 fully saturated rings. The molecule has 6 heteroatoms. The predicted molar refractivity (Wildman–Crippen MR) is 71.0 cm³/mol. The van der Waals surface area contributed by atoms with Crippen molar-refractivity contribution in [2.24, 2.45) is 0 Å². The second-order valence-electron chi connectivity index (χ2n) is 4.42. The quantitative estimate of drug-likeness (QED) is 0.912. The molecule has 0 spiro atoms. The topological polar surface area (TPSA) is 66.3 Å². The summed E-state index contributed by atoms with van der Waals surface area (Å²) in [5.74, 6) is -0.227. The Kier molecular flexibility index (Phi) is 3.16. The van der Waals surface area contributed by atoms with Crippen LogP contribution in [0.5, 0.6) is 5.75 Å². The van der Waals surface area contributed by atoms with Gasteiger partial charge in [0.15, 0.2) is 0 Å². The van der Waals surface area contributed by atoms with Crippen molar-refractivity contribution in [2.75, 3.05) is 6.54 Å². The molecule has 1 aliphatic rings. The average molecular weight is 275 g/mol. The molecule has 1 aliphatic heterocycles. The number of hydrogen-bond acceptors (Lipinski definition) is 5. The van der Waals surface area contributed by atoms with E-state index in [1.165, 1.54) is 12.4 Å². The van der Waals surface area contributed by atoms with Crippen molar-refractivity contribution >= 4 is 17.2 Å². The molecule has 0 aliphatic carbocycles. The monoisotopic (exact) mass is 275 g/mol. The van der Waals surface area contributed by atoms with Crippen LogP contribution in [-0.2, 0) is 0 Å². The van der Waals surface area contributed by atoms with Gasteiger partial charge in [-0.15, -0.1) is 11.3 Å². The number of amides is 1. The second kappa shape index (κ2) is 4.97. The van der Waals surface area contributed by atoms with Crippen molar-refractivity contribution in [3.63, 3.8) is 0 Å². The molecule has 0 unspecified atom stereocenters. The summed E-state index contributed by atoms with van der Waals surface area (Å²) < 4.78 is 0. The lowest BCUT2D eigenvalue weighted by molar-refractivity contribution is 0.0732. The van der Waals surface area contributed by atoms with Gasteiger partial charge in [-0.3, -0.25) is 9.78 Å². The van der Waals surface area contributed by atoms with Crippen LogP contribution in [0.15, 0.2) is 30.0 Å². The highest BCUT2D eigenvalue weighted by Crippen LogP contribution is 2.34. The number of aromatic nitrogens is 2. The molecule has 2 aromatic rings. The highest BCUT2D eigenvalue weighted by atomic mass is 32.1. The summed E-state index contributed by atoms with van der Waals surface area (Å²) >= 11 is 1.56. The lowest BCUT2D eigenvalue weighted by Crippen LogP contribution is -2.30.